The summed E-state index contributed by atoms with van der Waals surface area (Å²) in [6.07, 6.45) is 2.46. The number of anilines is 1. The number of hydrogen-bond acceptors (Lipinski definition) is 3. The van der Waals surface area contributed by atoms with E-state index in [-0.39, 0.29) is 0 Å². The smallest absolute Gasteiger partial charge is 0.169 e. The number of hydrogen-bond donors (Lipinski definition) is 1. The second-order valence-corrected chi connectivity index (χ2v) is 3.39. The molecule has 1 fully saturated rings. The number of rotatable bonds is 2. The quantitative estimate of drug-likeness (QED) is 0.764. The Morgan fingerprint density at radius 3 is 2.46 bits per heavy atom. The minimum atomic E-state index is 0.294. The van der Waals surface area contributed by atoms with E-state index >= 15 is 0 Å². The van der Waals surface area contributed by atoms with Crippen molar-refractivity contribution in [3.05, 3.63) is 11.8 Å². The van der Waals surface area contributed by atoms with Gasteiger partial charge in [-0.15, -0.1) is 0 Å². The highest BCUT2D eigenvalue weighted by molar-refractivity contribution is 5.36. The van der Waals surface area contributed by atoms with Gasteiger partial charge in [-0.1, -0.05) is 25.9 Å². The van der Waals surface area contributed by atoms with E-state index in [9.17, 15) is 0 Å². The van der Waals surface area contributed by atoms with E-state index in [2.05, 4.69) is 17.4 Å². The Balaban J connectivity index is 0.000000396. The largest absolute Gasteiger partial charge is 0.370 e. The molecule has 2 rings (SSSR count). The van der Waals surface area contributed by atoms with Gasteiger partial charge in [-0.3, -0.25) is 0 Å². The van der Waals surface area contributed by atoms with Crippen LogP contribution in [0.3, 0.4) is 0 Å². The molecule has 1 N–H and O–H groups in total. The zero-order valence-electron chi connectivity index (χ0n) is 8.85. The molecule has 0 aliphatic heterocycles. The van der Waals surface area contributed by atoms with E-state index in [1.54, 1.807) is 0 Å². The van der Waals surface area contributed by atoms with Crippen LogP contribution in [-0.4, -0.2) is 12.2 Å². The molecular formula is C10H18N2O. The fraction of sp³-hybridized carbons (Fsp3) is 0.700. The Morgan fingerprint density at radius 1 is 1.46 bits per heavy atom. The molecule has 0 aromatic carbocycles. The maximum absolute atomic E-state index is 5.17. The molecule has 0 spiro atoms. The molecule has 1 heterocycles. The van der Waals surface area contributed by atoms with E-state index < -0.39 is 0 Å². The normalized spacial score (nSPS) is 17.2. The zero-order valence-corrected chi connectivity index (χ0v) is 8.85. The molecule has 0 saturated heterocycles. The predicted molar refractivity (Wildman–Crippen MR) is 54.0 cm³/mol. The number of nitrogens with zero attached hydrogens (tertiary/aromatic N) is 1. The first-order chi connectivity index (χ1) is 6.24. The Morgan fingerprint density at radius 2 is 2.08 bits per heavy atom. The Labute approximate surface area is 79.5 Å². The lowest BCUT2D eigenvalue weighted by Crippen LogP contribution is -1.96. The van der Waals surface area contributed by atoms with Crippen LogP contribution in [0.25, 0.3) is 0 Å². The van der Waals surface area contributed by atoms with Crippen LogP contribution >= 0.6 is 0 Å². The Bertz CT molecular complexity index is 264. The molecule has 3 heteroatoms. The van der Waals surface area contributed by atoms with Crippen molar-refractivity contribution in [2.45, 2.75) is 39.0 Å². The highest BCUT2D eigenvalue weighted by Crippen LogP contribution is 2.47. The van der Waals surface area contributed by atoms with Crippen molar-refractivity contribution in [1.29, 1.82) is 0 Å². The molecule has 1 aliphatic carbocycles. The van der Waals surface area contributed by atoms with Crippen molar-refractivity contribution in [3.8, 4) is 0 Å². The van der Waals surface area contributed by atoms with E-state index in [0.717, 1.165) is 11.6 Å². The van der Waals surface area contributed by atoms with Gasteiger partial charge in [0, 0.05) is 18.5 Å². The fourth-order valence-corrected chi connectivity index (χ4v) is 1.11. The van der Waals surface area contributed by atoms with Gasteiger partial charge in [-0.2, -0.15) is 0 Å². The molecule has 0 unspecified atom stereocenters. The van der Waals surface area contributed by atoms with Gasteiger partial charge in [0.05, 0.1) is 0 Å². The van der Waals surface area contributed by atoms with Crippen molar-refractivity contribution < 1.29 is 4.52 Å². The first kappa shape index (κ1) is 10.1. The second-order valence-electron chi connectivity index (χ2n) is 3.39. The lowest BCUT2D eigenvalue weighted by Gasteiger charge is -1.98. The van der Waals surface area contributed by atoms with E-state index in [4.69, 9.17) is 4.52 Å². The van der Waals surface area contributed by atoms with Crippen LogP contribution in [0.15, 0.2) is 10.6 Å². The summed E-state index contributed by atoms with van der Waals surface area (Å²) in [6, 6.07) is 1.98. The van der Waals surface area contributed by atoms with Gasteiger partial charge in [0.15, 0.2) is 5.82 Å². The van der Waals surface area contributed by atoms with Crippen LogP contribution < -0.4 is 5.32 Å². The second kappa shape index (κ2) is 3.81. The highest BCUT2D eigenvalue weighted by atomic mass is 16.5. The summed E-state index contributed by atoms with van der Waals surface area (Å²) in [6.45, 7) is 6.20. The van der Waals surface area contributed by atoms with Gasteiger partial charge in [-0.05, 0) is 12.8 Å². The van der Waals surface area contributed by atoms with Crippen LogP contribution in [-0.2, 0) is 5.41 Å². The monoisotopic (exact) mass is 182 g/mol. The summed E-state index contributed by atoms with van der Waals surface area (Å²) in [7, 11) is 1.84. The third kappa shape index (κ3) is 2.02. The number of nitrogens with one attached hydrogen (secondary N) is 1. The predicted octanol–water partition coefficient (Wildman–Crippen LogP) is 2.79. The number of aromatic nitrogens is 1. The maximum atomic E-state index is 5.17. The third-order valence-corrected chi connectivity index (χ3v) is 2.36. The lowest BCUT2D eigenvalue weighted by molar-refractivity contribution is 0.361. The van der Waals surface area contributed by atoms with Crippen LogP contribution in [0.2, 0.25) is 0 Å². The fourth-order valence-electron chi connectivity index (χ4n) is 1.11. The van der Waals surface area contributed by atoms with Crippen molar-refractivity contribution in [2.24, 2.45) is 0 Å². The van der Waals surface area contributed by atoms with Gasteiger partial charge in [0.25, 0.3) is 0 Å². The summed E-state index contributed by atoms with van der Waals surface area (Å²) in [5, 5.41) is 6.80. The van der Waals surface area contributed by atoms with Crippen LogP contribution in [0.5, 0.6) is 0 Å². The molecule has 0 radical (unpaired) electrons. The molecule has 1 aliphatic rings. The maximum Gasteiger partial charge on any atom is 0.169 e. The molecule has 1 saturated carbocycles. The average Bonchev–Trinajstić information content (AvgIpc) is 2.74. The minimum Gasteiger partial charge on any atom is -0.370 e. The van der Waals surface area contributed by atoms with Gasteiger partial charge >= 0.3 is 0 Å². The molecule has 0 atom stereocenters. The van der Waals surface area contributed by atoms with E-state index in [1.165, 1.54) is 12.8 Å². The van der Waals surface area contributed by atoms with Crippen LogP contribution in [0, 0.1) is 0 Å². The molecule has 0 amide bonds. The molecule has 3 nitrogen and oxygen atoms in total. The van der Waals surface area contributed by atoms with Crippen molar-refractivity contribution >= 4 is 5.82 Å². The molecule has 13 heavy (non-hydrogen) atoms. The van der Waals surface area contributed by atoms with Gasteiger partial charge < -0.3 is 9.84 Å². The summed E-state index contributed by atoms with van der Waals surface area (Å²) in [5.41, 5.74) is 0.294. The van der Waals surface area contributed by atoms with Crippen molar-refractivity contribution in [2.75, 3.05) is 12.4 Å². The topological polar surface area (TPSA) is 38.1 Å². The molecule has 74 valence electrons. The Kier molecular flexibility index (Phi) is 2.96. The molecule has 1 aromatic rings. The van der Waals surface area contributed by atoms with Crippen molar-refractivity contribution in [3.63, 3.8) is 0 Å². The summed E-state index contributed by atoms with van der Waals surface area (Å²) in [5.74, 6) is 1.84. The molecule has 0 bridgehead atoms. The SMILES string of the molecule is CC.CNc1cc(C2(C)CC2)on1. The lowest BCUT2D eigenvalue weighted by atomic mass is 10.1. The van der Waals surface area contributed by atoms with E-state index in [1.807, 2.05) is 27.0 Å². The van der Waals surface area contributed by atoms with Crippen LogP contribution in [0.1, 0.15) is 39.4 Å². The molecular weight excluding hydrogens is 164 g/mol. The standard InChI is InChI=1S/C8H12N2O.C2H6/c1-8(3-4-8)6-5-7(9-2)10-11-6;1-2/h5H,3-4H2,1-2H3,(H,9,10);1-2H3. The summed E-state index contributed by atoms with van der Waals surface area (Å²) >= 11 is 0. The highest BCUT2D eigenvalue weighted by Gasteiger charge is 2.42. The van der Waals surface area contributed by atoms with Crippen LogP contribution in [0.4, 0.5) is 5.82 Å². The summed E-state index contributed by atoms with van der Waals surface area (Å²) in [4.78, 5) is 0. The van der Waals surface area contributed by atoms with E-state index in [0.29, 0.717) is 5.41 Å². The van der Waals surface area contributed by atoms with Crippen molar-refractivity contribution in [1.82, 2.24) is 5.16 Å². The average molecular weight is 182 g/mol. The Hall–Kier alpha value is -0.990. The zero-order chi connectivity index (χ0) is 9.90. The summed E-state index contributed by atoms with van der Waals surface area (Å²) < 4.78 is 5.17. The first-order valence-corrected chi connectivity index (χ1v) is 4.89. The van der Waals surface area contributed by atoms with Gasteiger partial charge in [0.1, 0.15) is 5.76 Å². The molecule has 1 aromatic heterocycles. The minimum absolute atomic E-state index is 0.294. The van der Waals surface area contributed by atoms with Gasteiger partial charge in [-0.25, -0.2) is 0 Å². The third-order valence-electron chi connectivity index (χ3n) is 2.36. The first-order valence-electron chi connectivity index (χ1n) is 4.89. The van der Waals surface area contributed by atoms with Gasteiger partial charge in [0.2, 0.25) is 0 Å².